The predicted octanol–water partition coefficient (Wildman–Crippen LogP) is 1.87. The number of aliphatic hydroxyl groups is 1. The minimum Gasteiger partial charge on any atom is -0.480 e. The monoisotopic (exact) mass is 412 g/mol. The topological polar surface area (TPSA) is 125 Å². The highest BCUT2D eigenvalue weighted by molar-refractivity contribution is 5.89. The van der Waals surface area contributed by atoms with Gasteiger partial charge in [-0.15, -0.1) is 0 Å². The Hall–Kier alpha value is -3.39. The molecule has 1 aliphatic rings. The number of ether oxygens (including phenoxy) is 1. The first kappa shape index (κ1) is 21.3. The van der Waals surface area contributed by atoms with E-state index in [4.69, 9.17) is 14.9 Å². The number of aliphatic carboxylic acids is 1. The molecule has 8 heteroatoms. The highest BCUT2D eigenvalue weighted by Crippen LogP contribution is 2.44. The Morgan fingerprint density at radius 1 is 0.967 bits per heavy atom. The molecule has 0 radical (unpaired) electrons. The molecule has 1 aliphatic carbocycles. The fraction of sp³-hybridized carbons (Fsp3) is 0.318. The van der Waals surface area contributed by atoms with Crippen molar-refractivity contribution >= 4 is 18.0 Å². The van der Waals surface area contributed by atoms with E-state index in [1.807, 2.05) is 48.5 Å². The third-order valence-corrected chi connectivity index (χ3v) is 5.16. The lowest BCUT2D eigenvalue weighted by Crippen LogP contribution is -2.52. The number of alkyl carbamates (subject to hydrolysis) is 1. The lowest BCUT2D eigenvalue weighted by atomic mass is 9.98. The highest BCUT2D eigenvalue weighted by Gasteiger charge is 2.30. The van der Waals surface area contributed by atoms with E-state index in [0.717, 1.165) is 22.3 Å². The first-order chi connectivity index (χ1) is 14.5. The number of hydrogen-bond acceptors (Lipinski definition) is 5. The number of carboxylic acids is 1. The molecule has 0 bridgehead atoms. The number of aliphatic hydroxyl groups excluding tert-OH is 1. The predicted molar refractivity (Wildman–Crippen MR) is 109 cm³/mol. The molecular weight excluding hydrogens is 388 g/mol. The van der Waals surface area contributed by atoms with Gasteiger partial charge in [0.25, 0.3) is 0 Å². The number of carbonyl (C=O) groups is 3. The number of amides is 2. The van der Waals surface area contributed by atoms with Gasteiger partial charge < -0.3 is 25.6 Å². The van der Waals surface area contributed by atoms with E-state index in [2.05, 4.69) is 10.6 Å². The van der Waals surface area contributed by atoms with Crippen molar-refractivity contribution in [1.29, 1.82) is 0 Å². The molecule has 158 valence electrons. The van der Waals surface area contributed by atoms with Crippen LogP contribution in [0.3, 0.4) is 0 Å². The van der Waals surface area contributed by atoms with E-state index >= 15 is 0 Å². The molecule has 2 amide bonds. The van der Waals surface area contributed by atoms with Crippen molar-refractivity contribution in [2.24, 2.45) is 0 Å². The summed E-state index contributed by atoms with van der Waals surface area (Å²) in [5, 5.41) is 22.6. The molecule has 2 atom stereocenters. The minimum absolute atomic E-state index is 0.103. The van der Waals surface area contributed by atoms with E-state index in [0.29, 0.717) is 0 Å². The van der Waals surface area contributed by atoms with Crippen LogP contribution in [-0.2, 0) is 14.3 Å². The van der Waals surface area contributed by atoms with Gasteiger partial charge in [0.05, 0.1) is 6.61 Å². The van der Waals surface area contributed by atoms with Gasteiger partial charge >= 0.3 is 12.1 Å². The summed E-state index contributed by atoms with van der Waals surface area (Å²) in [5.41, 5.74) is 4.36. The zero-order chi connectivity index (χ0) is 21.7. The minimum atomic E-state index is -1.43. The van der Waals surface area contributed by atoms with Crippen molar-refractivity contribution in [3.8, 4) is 11.1 Å². The van der Waals surface area contributed by atoms with Crippen LogP contribution < -0.4 is 10.6 Å². The van der Waals surface area contributed by atoms with Crippen LogP contribution in [-0.4, -0.2) is 53.5 Å². The zero-order valence-electron chi connectivity index (χ0n) is 16.5. The smallest absolute Gasteiger partial charge is 0.407 e. The second kappa shape index (κ2) is 9.41. The third-order valence-electron chi connectivity index (χ3n) is 5.16. The van der Waals surface area contributed by atoms with Gasteiger partial charge in [0.1, 0.15) is 18.7 Å². The average molecular weight is 412 g/mol. The first-order valence-electron chi connectivity index (χ1n) is 9.71. The fourth-order valence-electron chi connectivity index (χ4n) is 3.59. The standard InChI is InChI=1S/C22H24N2O6/c1-2-18(20(26)23-19(11-25)21(27)28)24-22(29)30-12-17-15-9-5-3-7-13(15)14-8-4-6-10-16(14)17/h3-10,17-19,25H,2,11-12H2,1H3,(H,23,26)(H,24,29)(H,27,28)/t18-,19+/m1/s1. The molecule has 2 aromatic rings. The van der Waals surface area contributed by atoms with Crippen LogP contribution in [0, 0.1) is 0 Å². The molecule has 0 fully saturated rings. The highest BCUT2D eigenvalue weighted by atomic mass is 16.5. The molecular formula is C22H24N2O6. The molecule has 0 saturated heterocycles. The third kappa shape index (κ3) is 4.44. The van der Waals surface area contributed by atoms with Gasteiger partial charge in [0, 0.05) is 5.92 Å². The first-order valence-corrected chi connectivity index (χ1v) is 9.71. The largest absolute Gasteiger partial charge is 0.480 e. The molecule has 0 unspecified atom stereocenters. The van der Waals surface area contributed by atoms with Gasteiger partial charge in [-0.25, -0.2) is 9.59 Å². The number of rotatable bonds is 8. The normalized spacial score (nSPS) is 14.2. The van der Waals surface area contributed by atoms with Crippen LogP contribution in [0.1, 0.15) is 30.4 Å². The Bertz CT molecular complexity index is 899. The van der Waals surface area contributed by atoms with Crippen LogP contribution in [0.5, 0.6) is 0 Å². The summed E-state index contributed by atoms with van der Waals surface area (Å²) in [6.07, 6.45) is -0.539. The van der Waals surface area contributed by atoms with Crippen molar-refractivity contribution in [3.05, 3.63) is 59.7 Å². The maximum Gasteiger partial charge on any atom is 0.407 e. The summed E-state index contributed by atoms with van der Waals surface area (Å²) in [7, 11) is 0. The lowest BCUT2D eigenvalue weighted by molar-refractivity contribution is -0.143. The molecule has 4 N–H and O–H groups in total. The molecule has 30 heavy (non-hydrogen) atoms. The number of carboxylic acid groups (broad SMARTS) is 1. The molecule has 0 aromatic heterocycles. The lowest BCUT2D eigenvalue weighted by Gasteiger charge is -2.20. The van der Waals surface area contributed by atoms with Gasteiger partial charge in [0.2, 0.25) is 5.91 Å². The van der Waals surface area contributed by atoms with Crippen LogP contribution in [0.25, 0.3) is 11.1 Å². The summed E-state index contributed by atoms with van der Waals surface area (Å²) in [6, 6.07) is 13.5. The van der Waals surface area contributed by atoms with Crippen LogP contribution in [0.2, 0.25) is 0 Å². The SMILES string of the molecule is CC[C@@H](NC(=O)OCC1c2ccccc2-c2ccccc21)C(=O)N[C@@H](CO)C(=O)O. The zero-order valence-corrected chi connectivity index (χ0v) is 16.5. The van der Waals surface area contributed by atoms with Gasteiger partial charge in [-0.2, -0.15) is 0 Å². The van der Waals surface area contributed by atoms with E-state index in [9.17, 15) is 14.4 Å². The summed E-state index contributed by atoms with van der Waals surface area (Å²) < 4.78 is 5.41. The Morgan fingerprint density at radius 2 is 1.53 bits per heavy atom. The van der Waals surface area contributed by atoms with Crippen molar-refractivity contribution in [2.45, 2.75) is 31.3 Å². The van der Waals surface area contributed by atoms with Crippen molar-refractivity contribution in [1.82, 2.24) is 10.6 Å². The van der Waals surface area contributed by atoms with Crippen LogP contribution in [0.15, 0.2) is 48.5 Å². The van der Waals surface area contributed by atoms with Crippen molar-refractivity contribution in [2.75, 3.05) is 13.2 Å². The Morgan fingerprint density at radius 3 is 2.03 bits per heavy atom. The summed E-state index contributed by atoms with van der Waals surface area (Å²) in [4.78, 5) is 35.5. The molecule has 0 heterocycles. The molecule has 8 nitrogen and oxygen atoms in total. The Labute approximate surface area is 173 Å². The summed E-state index contributed by atoms with van der Waals surface area (Å²) in [6.45, 7) is 1.03. The molecule has 2 aromatic carbocycles. The average Bonchev–Trinajstić information content (AvgIpc) is 3.07. The van der Waals surface area contributed by atoms with Crippen LogP contribution in [0.4, 0.5) is 4.79 Å². The Kier molecular flexibility index (Phi) is 6.68. The van der Waals surface area contributed by atoms with Gasteiger partial charge in [-0.1, -0.05) is 55.5 Å². The van der Waals surface area contributed by atoms with Crippen molar-refractivity contribution < 1.29 is 29.3 Å². The molecule has 0 saturated carbocycles. The maximum absolute atomic E-state index is 12.3. The van der Waals surface area contributed by atoms with E-state index in [1.54, 1.807) is 6.92 Å². The second-order valence-electron chi connectivity index (χ2n) is 7.01. The molecule has 3 rings (SSSR count). The molecule has 0 aliphatic heterocycles. The summed E-state index contributed by atoms with van der Waals surface area (Å²) in [5.74, 6) is -2.17. The molecule has 0 spiro atoms. The number of hydrogen-bond donors (Lipinski definition) is 4. The Balaban J connectivity index is 1.63. The van der Waals surface area contributed by atoms with Crippen LogP contribution >= 0.6 is 0 Å². The number of carbonyl (C=O) groups excluding carboxylic acids is 2. The van der Waals surface area contributed by atoms with E-state index in [1.165, 1.54) is 0 Å². The van der Waals surface area contributed by atoms with E-state index in [-0.39, 0.29) is 18.9 Å². The second-order valence-corrected chi connectivity index (χ2v) is 7.01. The number of fused-ring (bicyclic) bond motifs is 3. The van der Waals surface area contributed by atoms with Gasteiger partial charge in [-0.3, -0.25) is 4.79 Å². The van der Waals surface area contributed by atoms with Gasteiger partial charge in [0.15, 0.2) is 0 Å². The van der Waals surface area contributed by atoms with Crippen molar-refractivity contribution in [3.63, 3.8) is 0 Å². The van der Waals surface area contributed by atoms with E-state index < -0.39 is 36.7 Å². The van der Waals surface area contributed by atoms with Gasteiger partial charge in [-0.05, 0) is 28.7 Å². The maximum atomic E-state index is 12.3. The quantitative estimate of drug-likeness (QED) is 0.525. The fourth-order valence-corrected chi connectivity index (χ4v) is 3.59. The number of nitrogens with one attached hydrogen (secondary N) is 2. The number of benzene rings is 2. The summed E-state index contributed by atoms with van der Waals surface area (Å²) >= 11 is 0.